The van der Waals surface area contributed by atoms with Crippen molar-refractivity contribution >= 4 is 0 Å². The van der Waals surface area contributed by atoms with Crippen LogP contribution in [0.1, 0.15) is 62.1 Å². The van der Waals surface area contributed by atoms with Gasteiger partial charge in [-0.05, 0) is 57.1 Å². The molecule has 1 aromatic rings. The van der Waals surface area contributed by atoms with E-state index in [1.54, 1.807) is 0 Å². The normalized spacial score (nSPS) is 25.5. The zero-order valence-corrected chi connectivity index (χ0v) is 13.4. The van der Waals surface area contributed by atoms with Crippen LogP contribution in [0.4, 0.5) is 0 Å². The van der Waals surface area contributed by atoms with Crippen molar-refractivity contribution < 1.29 is 0 Å². The minimum absolute atomic E-state index is 0.190. The molecule has 3 rings (SSSR count). The van der Waals surface area contributed by atoms with E-state index in [-0.39, 0.29) is 6.04 Å². The molecule has 2 heteroatoms. The van der Waals surface area contributed by atoms with Gasteiger partial charge in [0.15, 0.2) is 0 Å². The summed E-state index contributed by atoms with van der Waals surface area (Å²) >= 11 is 0. The van der Waals surface area contributed by atoms with Crippen LogP contribution in [0.3, 0.4) is 0 Å². The molecule has 116 valence electrons. The molecule has 0 radical (unpaired) electrons. The fourth-order valence-corrected chi connectivity index (χ4v) is 4.29. The van der Waals surface area contributed by atoms with E-state index in [1.807, 2.05) is 0 Å². The highest BCUT2D eigenvalue weighted by Crippen LogP contribution is 2.35. The molecule has 0 bridgehead atoms. The second kappa shape index (κ2) is 6.93. The SMILES string of the molecule is Cc1ccc(C(N)CCN2CCCC2C2CCCC2)cc1. The molecule has 21 heavy (non-hydrogen) atoms. The number of nitrogens with zero attached hydrogens (tertiary/aromatic N) is 1. The second-order valence-corrected chi connectivity index (χ2v) is 7.10. The topological polar surface area (TPSA) is 29.3 Å². The minimum Gasteiger partial charge on any atom is -0.324 e. The molecule has 1 saturated carbocycles. The van der Waals surface area contributed by atoms with Crippen LogP contribution in [0.2, 0.25) is 0 Å². The van der Waals surface area contributed by atoms with Gasteiger partial charge in [0.1, 0.15) is 0 Å². The Hall–Kier alpha value is -0.860. The monoisotopic (exact) mass is 286 g/mol. The van der Waals surface area contributed by atoms with E-state index >= 15 is 0 Å². The molecule has 0 aromatic heterocycles. The lowest BCUT2D eigenvalue weighted by molar-refractivity contribution is 0.185. The second-order valence-electron chi connectivity index (χ2n) is 7.10. The Kier molecular flexibility index (Phi) is 4.97. The summed E-state index contributed by atoms with van der Waals surface area (Å²) in [5.74, 6) is 0.975. The summed E-state index contributed by atoms with van der Waals surface area (Å²) in [7, 11) is 0. The molecule has 2 N–H and O–H groups in total. The number of hydrogen-bond acceptors (Lipinski definition) is 2. The Morgan fingerprint density at radius 2 is 1.81 bits per heavy atom. The van der Waals surface area contributed by atoms with Gasteiger partial charge in [-0.2, -0.15) is 0 Å². The van der Waals surface area contributed by atoms with E-state index in [1.165, 1.54) is 62.7 Å². The molecule has 2 nitrogen and oxygen atoms in total. The number of rotatable bonds is 5. The highest BCUT2D eigenvalue weighted by Gasteiger charge is 2.32. The van der Waals surface area contributed by atoms with Crippen molar-refractivity contribution in [2.75, 3.05) is 13.1 Å². The standard InChI is InChI=1S/C19H30N2/c1-15-8-10-16(11-9-15)18(20)12-14-21-13-4-7-19(21)17-5-2-3-6-17/h8-11,17-19H,2-7,12-14,20H2,1H3. The van der Waals surface area contributed by atoms with Gasteiger partial charge >= 0.3 is 0 Å². The molecule has 1 heterocycles. The Bertz CT molecular complexity index is 433. The molecule has 2 atom stereocenters. The summed E-state index contributed by atoms with van der Waals surface area (Å²) in [5, 5.41) is 0. The molecule has 2 unspecified atom stereocenters. The number of hydrogen-bond donors (Lipinski definition) is 1. The van der Waals surface area contributed by atoms with Crippen LogP contribution < -0.4 is 5.73 Å². The fraction of sp³-hybridized carbons (Fsp3) is 0.684. The largest absolute Gasteiger partial charge is 0.324 e. The summed E-state index contributed by atoms with van der Waals surface area (Å²) in [6.45, 7) is 4.60. The van der Waals surface area contributed by atoms with Crippen LogP contribution in [0.15, 0.2) is 24.3 Å². The maximum Gasteiger partial charge on any atom is 0.0307 e. The highest BCUT2D eigenvalue weighted by atomic mass is 15.2. The third kappa shape index (κ3) is 3.67. The summed E-state index contributed by atoms with van der Waals surface area (Å²) in [4.78, 5) is 2.74. The minimum atomic E-state index is 0.190. The van der Waals surface area contributed by atoms with Crippen molar-refractivity contribution in [3.63, 3.8) is 0 Å². The van der Waals surface area contributed by atoms with Crippen LogP contribution in [0.25, 0.3) is 0 Å². The first kappa shape index (κ1) is 15.1. The van der Waals surface area contributed by atoms with Gasteiger partial charge in [-0.1, -0.05) is 42.7 Å². The van der Waals surface area contributed by atoms with Crippen LogP contribution in [0.5, 0.6) is 0 Å². The van der Waals surface area contributed by atoms with E-state index in [4.69, 9.17) is 5.73 Å². The molecular formula is C19H30N2. The number of aryl methyl sites for hydroxylation is 1. The van der Waals surface area contributed by atoms with E-state index in [2.05, 4.69) is 36.1 Å². The highest BCUT2D eigenvalue weighted by molar-refractivity contribution is 5.23. The van der Waals surface area contributed by atoms with Crippen LogP contribution in [0, 0.1) is 12.8 Å². The first-order chi connectivity index (χ1) is 10.2. The first-order valence-corrected chi connectivity index (χ1v) is 8.80. The average Bonchev–Trinajstić information content (AvgIpc) is 3.16. The quantitative estimate of drug-likeness (QED) is 0.885. The Labute approximate surface area is 129 Å². The van der Waals surface area contributed by atoms with Crippen molar-refractivity contribution in [3.05, 3.63) is 35.4 Å². The molecular weight excluding hydrogens is 256 g/mol. The first-order valence-electron chi connectivity index (χ1n) is 8.80. The summed E-state index contributed by atoms with van der Waals surface area (Å²) < 4.78 is 0. The lowest BCUT2D eigenvalue weighted by Crippen LogP contribution is -2.36. The van der Waals surface area contributed by atoms with Gasteiger partial charge < -0.3 is 10.6 Å². The lowest BCUT2D eigenvalue weighted by Gasteiger charge is -2.30. The Morgan fingerprint density at radius 3 is 2.52 bits per heavy atom. The van der Waals surface area contributed by atoms with Crippen LogP contribution >= 0.6 is 0 Å². The predicted octanol–water partition coefficient (Wildman–Crippen LogP) is 4.04. The van der Waals surface area contributed by atoms with Crippen molar-refractivity contribution in [3.8, 4) is 0 Å². The number of likely N-dealkylation sites (tertiary alicyclic amines) is 1. The lowest BCUT2D eigenvalue weighted by atomic mass is 9.95. The summed E-state index contributed by atoms with van der Waals surface area (Å²) in [6, 6.07) is 9.78. The van der Waals surface area contributed by atoms with E-state index in [0.717, 1.165) is 18.4 Å². The average molecular weight is 286 g/mol. The predicted molar refractivity (Wildman–Crippen MR) is 89.3 cm³/mol. The molecule has 2 aliphatic rings. The zero-order chi connectivity index (χ0) is 14.7. The fourth-order valence-electron chi connectivity index (χ4n) is 4.29. The third-order valence-corrected chi connectivity index (χ3v) is 5.59. The van der Waals surface area contributed by atoms with Crippen molar-refractivity contribution in [1.82, 2.24) is 4.90 Å². The summed E-state index contributed by atoms with van der Waals surface area (Å²) in [5.41, 5.74) is 9.00. The number of nitrogens with two attached hydrogens (primary N) is 1. The van der Waals surface area contributed by atoms with Gasteiger partial charge in [-0.3, -0.25) is 0 Å². The van der Waals surface area contributed by atoms with Gasteiger partial charge in [-0.15, -0.1) is 0 Å². The van der Waals surface area contributed by atoms with Gasteiger partial charge in [0.25, 0.3) is 0 Å². The van der Waals surface area contributed by atoms with Gasteiger partial charge in [0, 0.05) is 18.6 Å². The molecule has 1 aromatic carbocycles. The van der Waals surface area contributed by atoms with Gasteiger partial charge in [0.05, 0.1) is 0 Å². The van der Waals surface area contributed by atoms with Gasteiger partial charge in [0.2, 0.25) is 0 Å². The Morgan fingerprint density at radius 1 is 1.10 bits per heavy atom. The molecule has 1 aliphatic carbocycles. The van der Waals surface area contributed by atoms with E-state index in [0.29, 0.717) is 0 Å². The zero-order valence-electron chi connectivity index (χ0n) is 13.4. The van der Waals surface area contributed by atoms with Crippen LogP contribution in [-0.2, 0) is 0 Å². The van der Waals surface area contributed by atoms with E-state index in [9.17, 15) is 0 Å². The maximum atomic E-state index is 6.40. The van der Waals surface area contributed by atoms with E-state index < -0.39 is 0 Å². The van der Waals surface area contributed by atoms with Crippen molar-refractivity contribution in [2.24, 2.45) is 11.7 Å². The smallest absolute Gasteiger partial charge is 0.0307 e. The molecule has 1 aliphatic heterocycles. The molecule has 1 saturated heterocycles. The van der Waals surface area contributed by atoms with Crippen LogP contribution in [-0.4, -0.2) is 24.0 Å². The molecule has 0 spiro atoms. The number of benzene rings is 1. The molecule has 2 fully saturated rings. The van der Waals surface area contributed by atoms with Crippen molar-refractivity contribution in [1.29, 1.82) is 0 Å². The van der Waals surface area contributed by atoms with Crippen molar-refractivity contribution in [2.45, 2.75) is 64.0 Å². The van der Waals surface area contributed by atoms with Gasteiger partial charge in [-0.25, -0.2) is 0 Å². The Balaban J connectivity index is 1.52. The molecule has 0 amide bonds. The summed E-state index contributed by atoms with van der Waals surface area (Å²) in [6.07, 6.45) is 9.74. The third-order valence-electron chi connectivity index (χ3n) is 5.59. The maximum absolute atomic E-state index is 6.40.